The topological polar surface area (TPSA) is 100 Å². The van der Waals surface area contributed by atoms with Crippen LogP contribution in [0.4, 0.5) is 33.7 Å². The second-order valence-electron chi connectivity index (χ2n) is 7.36. The zero-order chi connectivity index (χ0) is 23.9. The molecule has 0 radical (unpaired) electrons. The van der Waals surface area contributed by atoms with Gasteiger partial charge in [-0.2, -0.15) is 18.2 Å². The molecule has 0 bridgehead atoms. The highest BCUT2D eigenvalue weighted by molar-refractivity contribution is 5.73. The number of pyridine rings is 1. The molecule has 3 N–H and O–H groups in total. The number of nitrogens with zero attached hydrogens (tertiary/aromatic N) is 3. The number of aliphatic carboxylic acids is 1. The Hall–Kier alpha value is -3.05. The smallest absolute Gasteiger partial charge is 0.475 e. The first-order valence-corrected chi connectivity index (χ1v) is 9.81. The lowest BCUT2D eigenvalue weighted by Gasteiger charge is -2.29. The van der Waals surface area contributed by atoms with Crippen molar-refractivity contribution < 1.29 is 31.9 Å². The largest absolute Gasteiger partial charge is 0.490 e. The van der Waals surface area contributed by atoms with Gasteiger partial charge in [0.2, 0.25) is 11.9 Å². The number of rotatable bonds is 5. The lowest BCUT2D eigenvalue weighted by Crippen LogP contribution is -2.32. The van der Waals surface area contributed by atoms with E-state index in [0.29, 0.717) is 31.2 Å². The highest BCUT2D eigenvalue weighted by atomic mass is 19.4. The number of carbonyl (C=O) groups is 1. The number of anilines is 2. The Balaban J connectivity index is 0.000000451. The first-order valence-electron chi connectivity index (χ1n) is 9.81. The van der Waals surface area contributed by atoms with Crippen molar-refractivity contribution in [2.75, 3.05) is 10.6 Å². The van der Waals surface area contributed by atoms with Crippen LogP contribution in [0.5, 0.6) is 0 Å². The minimum atomic E-state index is -5.08. The molecule has 0 aliphatic heterocycles. The van der Waals surface area contributed by atoms with Crippen LogP contribution in [-0.4, -0.2) is 44.2 Å². The van der Waals surface area contributed by atoms with E-state index < -0.39 is 18.1 Å². The fourth-order valence-corrected chi connectivity index (χ4v) is 2.90. The van der Waals surface area contributed by atoms with Crippen LogP contribution >= 0.6 is 0 Å². The van der Waals surface area contributed by atoms with Crippen LogP contribution < -0.4 is 10.6 Å². The molecular formula is C20H24F5N5O2. The first-order chi connectivity index (χ1) is 14.9. The molecule has 0 atom stereocenters. The van der Waals surface area contributed by atoms with Gasteiger partial charge < -0.3 is 15.7 Å². The summed E-state index contributed by atoms with van der Waals surface area (Å²) < 4.78 is 58.4. The van der Waals surface area contributed by atoms with Crippen molar-refractivity contribution in [3.05, 3.63) is 41.3 Å². The molecule has 0 spiro atoms. The Morgan fingerprint density at radius 3 is 2.34 bits per heavy atom. The zero-order valence-electron chi connectivity index (χ0n) is 17.5. The summed E-state index contributed by atoms with van der Waals surface area (Å²) in [6, 6.07) is 5.74. The van der Waals surface area contributed by atoms with Gasteiger partial charge >= 0.3 is 12.1 Å². The van der Waals surface area contributed by atoms with Crippen molar-refractivity contribution >= 4 is 17.7 Å². The van der Waals surface area contributed by atoms with Crippen LogP contribution in [0.1, 0.15) is 42.6 Å². The molecule has 2 aromatic rings. The van der Waals surface area contributed by atoms with Gasteiger partial charge in [-0.05, 0) is 38.8 Å². The van der Waals surface area contributed by atoms with Gasteiger partial charge in [0.1, 0.15) is 5.82 Å². The van der Waals surface area contributed by atoms with Crippen molar-refractivity contribution in [3.8, 4) is 0 Å². The fraction of sp³-hybridized carbons (Fsp3) is 0.500. The van der Waals surface area contributed by atoms with E-state index in [1.54, 1.807) is 6.20 Å². The van der Waals surface area contributed by atoms with Crippen molar-refractivity contribution in [3.63, 3.8) is 0 Å². The van der Waals surface area contributed by atoms with E-state index in [1.165, 1.54) is 0 Å². The van der Waals surface area contributed by atoms with Gasteiger partial charge in [0.05, 0.1) is 12.2 Å². The predicted octanol–water partition coefficient (Wildman–Crippen LogP) is 4.72. The second kappa shape index (κ2) is 10.5. The number of halogens is 5. The molecular weight excluding hydrogens is 437 g/mol. The molecule has 0 saturated heterocycles. The summed E-state index contributed by atoms with van der Waals surface area (Å²) in [4.78, 5) is 22.1. The highest BCUT2D eigenvalue weighted by Gasteiger charge is 2.38. The molecule has 1 fully saturated rings. The third kappa shape index (κ3) is 7.89. The van der Waals surface area contributed by atoms with Crippen LogP contribution in [0.25, 0.3) is 0 Å². The Bertz CT molecular complexity index is 899. The highest BCUT2D eigenvalue weighted by Crippen LogP contribution is 2.34. The number of alkyl halides is 5. The number of carboxylic acids is 1. The average Bonchev–Trinajstić information content (AvgIpc) is 2.72. The summed E-state index contributed by atoms with van der Waals surface area (Å²) in [5.41, 5.74) is 2.70. The van der Waals surface area contributed by atoms with Gasteiger partial charge in [-0.1, -0.05) is 6.07 Å². The Morgan fingerprint density at radius 2 is 1.81 bits per heavy atom. The molecule has 7 nitrogen and oxygen atoms in total. The maximum atomic E-state index is 13.3. The SMILES string of the molecule is Cc1nc(NCc2ccccn2)nc(NC2CCC(F)(F)CC2)c1C.O=C(O)C(F)(F)F. The summed E-state index contributed by atoms with van der Waals surface area (Å²) in [5.74, 6) is -4.05. The van der Waals surface area contributed by atoms with Crippen LogP contribution in [0.3, 0.4) is 0 Å². The predicted molar refractivity (Wildman–Crippen MR) is 108 cm³/mol. The second-order valence-corrected chi connectivity index (χ2v) is 7.36. The number of hydrogen-bond donors (Lipinski definition) is 3. The minimum absolute atomic E-state index is 0.0243. The molecule has 32 heavy (non-hydrogen) atoms. The molecule has 1 saturated carbocycles. The summed E-state index contributed by atoms with van der Waals surface area (Å²) in [7, 11) is 0. The Morgan fingerprint density at radius 1 is 1.19 bits per heavy atom. The molecule has 0 unspecified atom stereocenters. The number of carboxylic acid groups (broad SMARTS) is 1. The van der Waals surface area contributed by atoms with Crippen molar-refractivity contribution in [1.29, 1.82) is 0 Å². The average molecular weight is 461 g/mol. The summed E-state index contributed by atoms with van der Waals surface area (Å²) in [6.45, 7) is 4.39. The molecule has 0 aromatic carbocycles. The van der Waals surface area contributed by atoms with Crippen LogP contribution in [0.2, 0.25) is 0 Å². The van der Waals surface area contributed by atoms with E-state index in [4.69, 9.17) is 9.90 Å². The van der Waals surface area contributed by atoms with Crippen molar-refractivity contribution in [1.82, 2.24) is 15.0 Å². The lowest BCUT2D eigenvalue weighted by atomic mass is 9.92. The first kappa shape index (κ1) is 25.2. The summed E-state index contributed by atoms with van der Waals surface area (Å²) >= 11 is 0. The van der Waals surface area contributed by atoms with E-state index >= 15 is 0 Å². The Labute approximate surface area is 181 Å². The van der Waals surface area contributed by atoms with Crippen molar-refractivity contribution in [2.45, 2.75) is 64.2 Å². The zero-order valence-corrected chi connectivity index (χ0v) is 17.5. The number of hydrogen-bond acceptors (Lipinski definition) is 6. The van der Waals surface area contributed by atoms with Gasteiger partial charge in [-0.15, -0.1) is 0 Å². The minimum Gasteiger partial charge on any atom is -0.475 e. The van der Waals surface area contributed by atoms with Gasteiger partial charge in [0.15, 0.2) is 0 Å². The van der Waals surface area contributed by atoms with E-state index in [9.17, 15) is 22.0 Å². The molecule has 0 amide bonds. The van der Waals surface area contributed by atoms with Crippen LogP contribution in [0, 0.1) is 13.8 Å². The van der Waals surface area contributed by atoms with Crippen LogP contribution in [-0.2, 0) is 11.3 Å². The number of aryl methyl sites for hydroxylation is 1. The third-order valence-electron chi connectivity index (χ3n) is 4.84. The fourth-order valence-electron chi connectivity index (χ4n) is 2.90. The quantitative estimate of drug-likeness (QED) is 0.554. The molecule has 1 aliphatic rings. The standard InChI is InChI=1S/C18H23F2N5.C2HF3O2/c1-12-13(2)23-17(22-11-15-5-3-4-10-21-15)25-16(12)24-14-6-8-18(19,20)9-7-14;3-2(4,5)1(6)7/h3-5,10,14H,6-9,11H2,1-2H3,(H2,22,23,24,25);(H,6,7). The molecule has 176 valence electrons. The molecule has 2 aromatic heterocycles. The molecule has 3 rings (SSSR count). The van der Waals surface area contributed by atoms with Gasteiger partial charge in [-0.25, -0.2) is 18.6 Å². The summed E-state index contributed by atoms with van der Waals surface area (Å²) in [5, 5.41) is 13.6. The van der Waals surface area contributed by atoms with Gasteiger partial charge in [-0.3, -0.25) is 4.98 Å². The van der Waals surface area contributed by atoms with E-state index in [2.05, 4.69) is 25.6 Å². The van der Waals surface area contributed by atoms with Crippen molar-refractivity contribution in [2.24, 2.45) is 0 Å². The Kier molecular flexibility index (Phi) is 8.28. The van der Waals surface area contributed by atoms with Gasteiger partial charge in [0.25, 0.3) is 0 Å². The third-order valence-corrected chi connectivity index (χ3v) is 4.84. The summed E-state index contributed by atoms with van der Waals surface area (Å²) in [6.07, 6.45) is -2.58. The van der Waals surface area contributed by atoms with E-state index in [-0.39, 0.29) is 18.9 Å². The number of aromatic nitrogens is 3. The molecule has 2 heterocycles. The number of nitrogens with one attached hydrogen (secondary N) is 2. The molecule has 1 aliphatic carbocycles. The monoisotopic (exact) mass is 461 g/mol. The van der Waals surface area contributed by atoms with Crippen LogP contribution in [0.15, 0.2) is 24.4 Å². The van der Waals surface area contributed by atoms with E-state index in [0.717, 1.165) is 17.0 Å². The maximum Gasteiger partial charge on any atom is 0.490 e. The maximum absolute atomic E-state index is 13.3. The lowest BCUT2D eigenvalue weighted by molar-refractivity contribution is -0.192. The molecule has 12 heteroatoms. The normalized spacial score (nSPS) is 16.0. The van der Waals surface area contributed by atoms with E-state index in [1.807, 2.05) is 32.0 Å². The van der Waals surface area contributed by atoms with Gasteiger partial charge in [0, 0.05) is 36.3 Å².